The molecular formula is C13H17Cl2NO3S. The molecule has 20 heavy (non-hydrogen) atoms. The van der Waals surface area contributed by atoms with E-state index in [0.29, 0.717) is 18.0 Å². The first-order chi connectivity index (χ1) is 9.16. The van der Waals surface area contributed by atoms with Crippen molar-refractivity contribution in [2.24, 2.45) is 5.92 Å². The van der Waals surface area contributed by atoms with E-state index < -0.39 is 9.05 Å². The van der Waals surface area contributed by atoms with Crippen LogP contribution in [-0.4, -0.2) is 20.9 Å². The number of hydrogen-bond donors (Lipinski definition) is 1. The van der Waals surface area contributed by atoms with Crippen LogP contribution >= 0.6 is 22.3 Å². The highest BCUT2D eigenvalue weighted by atomic mass is 35.7. The van der Waals surface area contributed by atoms with Gasteiger partial charge in [-0.2, -0.15) is 0 Å². The Morgan fingerprint density at radius 1 is 1.40 bits per heavy atom. The van der Waals surface area contributed by atoms with Crippen LogP contribution in [-0.2, 0) is 9.05 Å². The Bertz CT molecular complexity index is 614. The molecule has 1 rings (SSSR count). The summed E-state index contributed by atoms with van der Waals surface area (Å²) in [5.74, 6) is 0.00945. The maximum absolute atomic E-state index is 12.0. The van der Waals surface area contributed by atoms with Crippen molar-refractivity contribution in [1.82, 2.24) is 5.32 Å². The first kappa shape index (κ1) is 17.3. The van der Waals surface area contributed by atoms with Crippen molar-refractivity contribution in [3.63, 3.8) is 0 Å². The molecule has 0 saturated heterocycles. The predicted octanol–water partition coefficient (Wildman–Crippen LogP) is 3.35. The molecule has 1 amide bonds. The zero-order chi connectivity index (χ0) is 15.5. The van der Waals surface area contributed by atoms with E-state index in [1.807, 2.05) is 13.8 Å². The van der Waals surface area contributed by atoms with E-state index in [1.54, 1.807) is 13.0 Å². The lowest BCUT2D eigenvalue weighted by atomic mass is 10.1. The normalized spacial score (nSPS) is 13.1. The standard InChI is InChI=1S/C13H17Cl2NO3S/c1-4-8(2)7-16-13(17)10-5-9(3)12(14)11(6-10)20(15,18)19/h5-6,8H,4,7H2,1-3H3,(H,16,17). The van der Waals surface area contributed by atoms with Gasteiger partial charge in [-0.25, -0.2) is 8.42 Å². The molecule has 0 aliphatic rings. The number of carbonyl (C=O) groups excluding carboxylic acids is 1. The van der Waals surface area contributed by atoms with E-state index in [0.717, 1.165) is 6.42 Å². The summed E-state index contributed by atoms with van der Waals surface area (Å²) in [7, 11) is 1.33. The largest absolute Gasteiger partial charge is 0.352 e. The van der Waals surface area contributed by atoms with E-state index >= 15 is 0 Å². The highest BCUT2D eigenvalue weighted by Crippen LogP contribution is 2.29. The summed E-state index contributed by atoms with van der Waals surface area (Å²) in [6.07, 6.45) is 0.946. The number of benzene rings is 1. The molecule has 0 aromatic heterocycles. The molecule has 0 aliphatic carbocycles. The number of amides is 1. The highest BCUT2D eigenvalue weighted by Gasteiger charge is 2.20. The maximum atomic E-state index is 12.0. The van der Waals surface area contributed by atoms with Crippen LogP contribution in [0, 0.1) is 12.8 Å². The second-order valence-corrected chi connectivity index (χ2v) is 7.68. The van der Waals surface area contributed by atoms with Crippen LogP contribution in [0.4, 0.5) is 0 Å². The summed E-state index contributed by atoms with van der Waals surface area (Å²) < 4.78 is 22.9. The molecule has 0 spiro atoms. The summed E-state index contributed by atoms with van der Waals surface area (Å²) in [6, 6.07) is 2.74. The van der Waals surface area contributed by atoms with Crippen molar-refractivity contribution in [2.75, 3.05) is 6.54 Å². The molecule has 112 valence electrons. The molecule has 1 unspecified atom stereocenters. The van der Waals surface area contributed by atoms with Gasteiger partial charge in [0, 0.05) is 22.8 Å². The number of nitrogens with one attached hydrogen (secondary N) is 1. The summed E-state index contributed by atoms with van der Waals surface area (Å²) >= 11 is 5.91. The van der Waals surface area contributed by atoms with Crippen molar-refractivity contribution in [2.45, 2.75) is 32.1 Å². The zero-order valence-electron chi connectivity index (χ0n) is 11.5. The number of carbonyl (C=O) groups is 1. The molecule has 0 heterocycles. The van der Waals surface area contributed by atoms with E-state index in [1.165, 1.54) is 6.07 Å². The molecule has 1 N–H and O–H groups in total. The quantitative estimate of drug-likeness (QED) is 0.838. The van der Waals surface area contributed by atoms with Gasteiger partial charge in [0.1, 0.15) is 4.90 Å². The topological polar surface area (TPSA) is 63.2 Å². The minimum absolute atomic E-state index is 0.0403. The Morgan fingerprint density at radius 3 is 2.50 bits per heavy atom. The van der Waals surface area contributed by atoms with Gasteiger partial charge in [0.15, 0.2) is 0 Å². The molecule has 0 bridgehead atoms. The SMILES string of the molecule is CCC(C)CNC(=O)c1cc(C)c(Cl)c(S(=O)(=O)Cl)c1. The first-order valence-corrected chi connectivity index (χ1v) is 8.88. The summed E-state index contributed by atoms with van der Waals surface area (Å²) in [6.45, 7) is 6.20. The second-order valence-electron chi connectivity index (χ2n) is 4.77. The van der Waals surface area contributed by atoms with Gasteiger partial charge in [0.05, 0.1) is 5.02 Å². The van der Waals surface area contributed by atoms with Gasteiger partial charge in [0.25, 0.3) is 15.0 Å². The fourth-order valence-electron chi connectivity index (χ4n) is 1.56. The van der Waals surface area contributed by atoms with Crippen molar-refractivity contribution in [3.05, 3.63) is 28.3 Å². The fourth-order valence-corrected chi connectivity index (χ4v) is 3.10. The van der Waals surface area contributed by atoms with Gasteiger partial charge in [-0.3, -0.25) is 4.79 Å². The van der Waals surface area contributed by atoms with E-state index in [4.69, 9.17) is 22.3 Å². The highest BCUT2D eigenvalue weighted by molar-refractivity contribution is 8.13. The zero-order valence-corrected chi connectivity index (χ0v) is 13.9. The Hall–Kier alpha value is -0.780. The Morgan fingerprint density at radius 2 is 2.00 bits per heavy atom. The third kappa shape index (κ3) is 4.36. The average Bonchev–Trinajstić information content (AvgIpc) is 2.36. The van der Waals surface area contributed by atoms with Crippen LogP contribution in [0.2, 0.25) is 5.02 Å². The molecule has 4 nitrogen and oxygen atoms in total. The molecule has 0 fully saturated rings. The molecule has 0 saturated carbocycles. The predicted molar refractivity (Wildman–Crippen MR) is 81.0 cm³/mol. The average molecular weight is 338 g/mol. The van der Waals surface area contributed by atoms with Gasteiger partial charge in [-0.1, -0.05) is 31.9 Å². The fraction of sp³-hybridized carbons (Fsp3) is 0.462. The Balaban J connectivity index is 3.09. The van der Waals surface area contributed by atoms with Crippen LogP contribution in [0.1, 0.15) is 36.2 Å². The van der Waals surface area contributed by atoms with Crippen LogP contribution in [0.25, 0.3) is 0 Å². The maximum Gasteiger partial charge on any atom is 0.262 e. The molecule has 1 aromatic carbocycles. The molecule has 1 aromatic rings. The summed E-state index contributed by atoms with van der Waals surface area (Å²) in [5, 5.41) is 2.80. The minimum atomic E-state index is -3.99. The Labute approximate surface area is 128 Å². The second kappa shape index (κ2) is 6.78. The van der Waals surface area contributed by atoms with Crippen LogP contribution in [0.5, 0.6) is 0 Å². The number of rotatable bonds is 5. The van der Waals surface area contributed by atoms with Gasteiger partial charge >= 0.3 is 0 Å². The monoisotopic (exact) mass is 337 g/mol. The first-order valence-electron chi connectivity index (χ1n) is 6.19. The lowest BCUT2D eigenvalue weighted by Crippen LogP contribution is -2.28. The van der Waals surface area contributed by atoms with Gasteiger partial charge in [-0.15, -0.1) is 0 Å². The molecule has 1 atom stereocenters. The summed E-state index contributed by atoms with van der Waals surface area (Å²) in [4.78, 5) is 11.8. The van der Waals surface area contributed by atoms with Crippen molar-refractivity contribution >= 4 is 37.2 Å². The number of hydrogen-bond acceptors (Lipinski definition) is 3. The lowest BCUT2D eigenvalue weighted by molar-refractivity contribution is 0.0947. The lowest BCUT2D eigenvalue weighted by Gasteiger charge is -2.12. The van der Waals surface area contributed by atoms with Crippen LogP contribution in [0.3, 0.4) is 0 Å². The van der Waals surface area contributed by atoms with E-state index in [-0.39, 0.29) is 21.4 Å². The molecular weight excluding hydrogens is 321 g/mol. The van der Waals surface area contributed by atoms with Crippen molar-refractivity contribution < 1.29 is 13.2 Å². The van der Waals surface area contributed by atoms with Gasteiger partial charge in [0.2, 0.25) is 0 Å². The van der Waals surface area contributed by atoms with E-state index in [2.05, 4.69) is 5.32 Å². The van der Waals surface area contributed by atoms with E-state index in [9.17, 15) is 13.2 Å². The smallest absolute Gasteiger partial charge is 0.262 e. The van der Waals surface area contributed by atoms with Crippen molar-refractivity contribution in [3.8, 4) is 0 Å². The minimum Gasteiger partial charge on any atom is -0.352 e. The molecule has 0 aliphatic heterocycles. The number of halogens is 2. The van der Waals surface area contributed by atoms with Gasteiger partial charge < -0.3 is 5.32 Å². The molecule has 0 radical (unpaired) electrons. The third-order valence-corrected chi connectivity index (χ3v) is 5.01. The summed E-state index contributed by atoms with van der Waals surface area (Å²) in [5.41, 5.74) is 0.719. The third-order valence-electron chi connectivity index (χ3n) is 3.05. The molecule has 7 heteroatoms. The van der Waals surface area contributed by atoms with Crippen LogP contribution in [0.15, 0.2) is 17.0 Å². The van der Waals surface area contributed by atoms with Crippen molar-refractivity contribution in [1.29, 1.82) is 0 Å². The Kier molecular flexibility index (Phi) is 5.86. The number of aryl methyl sites for hydroxylation is 1. The van der Waals surface area contributed by atoms with Gasteiger partial charge in [-0.05, 0) is 30.5 Å². The van der Waals surface area contributed by atoms with Crippen LogP contribution < -0.4 is 5.32 Å².